The third kappa shape index (κ3) is 4.73. The summed E-state index contributed by atoms with van der Waals surface area (Å²) in [5, 5.41) is 20.6. The first kappa shape index (κ1) is 25.7. The third-order valence-corrected chi connectivity index (χ3v) is 7.50. The lowest BCUT2D eigenvalue weighted by atomic mass is 9.86. The van der Waals surface area contributed by atoms with E-state index in [-0.39, 0.29) is 13.0 Å². The van der Waals surface area contributed by atoms with Crippen molar-refractivity contribution in [2.75, 3.05) is 6.61 Å². The number of hydrogen-bond acceptors (Lipinski definition) is 5. The van der Waals surface area contributed by atoms with E-state index in [0.29, 0.717) is 17.9 Å². The number of para-hydroxylation sites is 1. The molecule has 2 atom stereocenters. The summed E-state index contributed by atoms with van der Waals surface area (Å²) in [7, 11) is 0. The van der Waals surface area contributed by atoms with Gasteiger partial charge in [-0.3, -0.25) is 4.79 Å². The van der Waals surface area contributed by atoms with Crippen molar-refractivity contribution < 1.29 is 24.2 Å². The fraction of sp³-hybridized carbons (Fsp3) is 0.258. The topological polar surface area (TPSA) is 96.6 Å². The van der Waals surface area contributed by atoms with Crippen LogP contribution in [0.25, 0.3) is 0 Å². The molecule has 0 aromatic heterocycles. The van der Waals surface area contributed by atoms with Gasteiger partial charge < -0.3 is 14.6 Å². The van der Waals surface area contributed by atoms with Gasteiger partial charge in [-0.1, -0.05) is 80.6 Å². The molecule has 1 aliphatic carbocycles. The zero-order chi connectivity index (χ0) is 26.5. The number of aliphatic carboxylic acids is 1. The van der Waals surface area contributed by atoms with Crippen LogP contribution in [0.15, 0.2) is 97.1 Å². The molecule has 0 unspecified atom stereocenters. The molecule has 0 radical (unpaired) electrons. The van der Waals surface area contributed by atoms with Gasteiger partial charge in [0.2, 0.25) is 0 Å². The lowest BCUT2D eigenvalue weighted by Crippen LogP contribution is -2.26. The summed E-state index contributed by atoms with van der Waals surface area (Å²) in [4.78, 5) is 25.1. The molecule has 0 aliphatic heterocycles. The summed E-state index contributed by atoms with van der Waals surface area (Å²) >= 11 is 0. The van der Waals surface area contributed by atoms with E-state index in [2.05, 4.69) is 6.07 Å². The smallest absolute Gasteiger partial charge is 0.330 e. The second-order valence-corrected chi connectivity index (χ2v) is 9.73. The molecule has 1 saturated carbocycles. The Bertz CT molecular complexity index is 1340. The van der Waals surface area contributed by atoms with E-state index in [9.17, 15) is 20.0 Å². The Kier molecular flexibility index (Phi) is 7.17. The fourth-order valence-electron chi connectivity index (χ4n) is 5.30. The Morgan fingerprint density at radius 1 is 0.919 bits per heavy atom. The fourth-order valence-corrected chi connectivity index (χ4v) is 5.30. The molecule has 1 fully saturated rings. The lowest BCUT2D eigenvalue weighted by Gasteiger charge is -2.17. The second kappa shape index (κ2) is 10.3. The first-order valence-electron chi connectivity index (χ1n) is 12.1. The number of allylic oxidation sites excluding steroid dienone is 1. The predicted molar refractivity (Wildman–Crippen MR) is 139 cm³/mol. The molecule has 1 N–H and O–H groups in total. The van der Waals surface area contributed by atoms with Crippen LogP contribution >= 0.6 is 0 Å². The van der Waals surface area contributed by atoms with Gasteiger partial charge in [0.05, 0.1) is 18.1 Å². The van der Waals surface area contributed by atoms with E-state index in [1.165, 1.54) is 12.2 Å². The molecule has 3 aromatic carbocycles. The van der Waals surface area contributed by atoms with E-state index < -0.39 is 28.2 Å². The molecule has 3 aromatic rings. The molecule has 6 heteroatoms. The van der Waals surface area contributed by atoms with Crippen LogP contribution in [0.1, 0.15) is 25.0 Å². The Labute approximate surface area is 216 Å². The highest BCUT2D eigenvalue weighted by Gasteiger charge is 2.86. The van der Waals surface area contributed by atoms with Crippen molar-refractivity contribution in [3.8, 4) is 17.6 Å². The standard InChI is InChI=1S/C31H29NO5/c1-29(2)30(22-32,18-16-27(33)36-19-17-23-10-5-3-6-11-23)31(29,28(34)35)21-24-12-9-15-26(20-24)37-25-13-7-4-8-14-25/h3-16,18,20H,17,19,21H2,1-2H3,(H,34,35)/t30-,31-/m1/s1. The lowest BCUT2D eigenvalue weighted by molar-refractivity contribution is -0.145. The molecule has 0 amide bonds. The highest BCUT2D eigenvalue weighted by molar-refractivity contribution is 5.88. The molecular weight excluding hydrogens is 466 g/mol. The minimum atomic E-state index is -1.43. The molecule has 0 saturated heterocycles. The number of benzene rings is 3. The molecule has 0 bridgehead atoms. The van der Waals surface area contributed by atoms with Gasteiger partial charge in [0.25, 0.3) is 0 Å². The monoisotopic (exact) mass is 495 g/mol. The number of carbonyl (C=O) groups is 2. The number of nitrogens with zero attached hydrogens (tertiary/aromatic N) is 1. The van der Waals surface area contributed by atoms with Gasteiger partial charge >= 0.3 is 11.9 Å². The van der Waals surface area contributed by atoms with Crippen molar-refractivity contribution in [1.82, 2.24) is 0 Å². The molecule has 4 rings (SSSR count). The molecule has 188 valence electrons. The van der Waals surface area contributed by atoms with Gasteiger partial charge in [-0.15, -0.1) is 0 Å². The highest BCUT2D eigenvalue weighted by atomic mass is 16.5. The van der Waals surface area contributed by atoms with Crippen molar-refractivity contribution in [2.24, 2.45) is 16.2 Å². The van der Waals surface area contributed by atoms with Gasteiger partial charge in [-0.05, 0) is 41.8 Å². The van der Waals surface area contributed by atoms with Gasteiger partial charge in [0.15, 0.2) is 0 Å². The first-order chi connectivity index (χ1) is 17.8. The SMILES string of the molecule is CC1(C)[C@](C#N)(C=CC(=O)OCCc2ccccc2)[C@]1(Cc1cccc(Oc2ccccc2)c1)C(=O)O. The number of rotatable bonds is 10. The number of hydrogen-bond donors (Lipinski definition) is 1. The predicted octanol–water partition coefficient (Wildman–Crippen LogP) is 5.98. The summed E-state index contributed by atoms with van der Waals surface area (Å²) in [6.45, 7) is 3.69. The number of carboxylic acids is 1. The van der Waals surface area contributed by atoms with Crippen LogP contribution in [0, 0.1) is 27.6 Å². The van der Waals surface area contributed by atoms with Crippen LogP contribution in [-0.4, -0.2) is 23.7 Å². The van der Waals surface area contributed by atoms with Crippen LogP contribution in [0.5, 0.6) is 11.5 Å². The van der Waals surface area contributed by atoms with Crippen LogP contribution in [0.3, 0.4) is 0 Å². The van der Waals surface area contributed by atoms with E-state index in [1.807, 2.05) is 66.7 Å². The average molecular weight is 496 g/mol. The number of ether oxygens (including phenoxy) is 2. The second-order valence-electron chi connectivity index (χ2n) is 9.73. The number of esters is 1. The van der Waals surface area contributed by atoms with Crippen LogP contribution in [-0.2, 0) is 27.2 Å². The van der Waals surface area contributed by atoms with Crippen molar-refractivity contribution in [3.05, 3.63) is 108 Å². The Morgan fingerprint density at radius 2 is 1.54 bits per heavy atom. The maximum Gasteiger partial charge on any atom is 0.330 e. The van der Waals surface area contributed by atoms with Crippen LogP contribution in [0.2, 0.25) is 0 Å². The van der Waals surface area contributed by atoms with Gasteiger partial charge in [-0.25, -0.2) is 4.79 Å². The maximum absolute atomic E-state index is 12.7. The molecule has 37 heavy (non-hydrogen) atoms. The normalized spacial score (nSPS) is 21.6. The summed E-state index contributed by atoms with van der Waals surface area (Å²) < 4.78 is 11.2. The largest absolute Gasteiger partial charge is 0.481 e. The number of carbonyl (C=O) groups excluding carboxylic acids is 1. The number of nitriles is 1. The molecule has 1 aliphatic rings. The van der Waals surface area contributed by atoms with Gasteiger partial charge in [-0.2, -0.15) is 5.26 Å². The van der Waals surface area contributed by atoms with Crippen LogP contribution < -0.4 is 4.74 Å². The Morgan fingerprint density at radius 3 is 2.19 bits per heavy atom. The van der Waals surface area contributed by atoms with E-state index >= 15 is 0 Å². The van der Waals surface area contributed by atoms with Crippen molar-refractivity contribution in [3.63, 3.8) is 0 Å². The highest BCUT2D eigenvalue weighted by Crippen LogP contribution is 2.79. The summed E-state index contributed by atoms with van der Waals surface area (Å²) in [6.07, 6.45) is 3.27. The zero-order valence-corrected chi connectivity index (χ0v) is 20.9. The Balaban J connectivity index is 1.51. The minimum absolute atomic E-state index is 0.0995. The van der Waals surface area contributed by atoms with Crippen molar-refractivity contribution in [1.29, 1.82) is 5.26 Å². The Hall–Kier alpha value is -4.37. The first-order valence-corrected chi connectivity index (χ1v) is 12.1. The summed E-state index contributed by atoms with van der Waals surface area (Å²) in [5.41, 5.74) is -1.99. The van der Waals surface area contributed by atoms with E-state index in [0.717, 1.165) is 11.1 Å². The van der Waals surface area contributed by atoms with E-state index in [1.54, 1.807) is 32.0 Å². The van der Waals surface area contributed by atoms with Crippen molar-refractivity contribution in [2.45, 2.75) is 26.7 Å². The van der Waals surface area contributed by atoms with Gasteiger partial charge in [0, 0.05) is 17.9 Å². The van der Waals surface area contributed by atoms with Crippen LogP contribution in [0.4, 0.5) is 0 Å². The minimum Gasteiger partial charge on any atom is -0.481 e. The molecule has 0 heterocycles. The third-order valence-electron chi connectivity index (χ3n) is 7.50. The average Bonchev–Trinajstić information content (AvgIpc) is 3.32. The maximum atomic E-state index is 12.7. The zero-order valence-electron chi connectivity index (χ0n) is 20.9. The van der Waals surface area contributed by atoms with Crippen molar-refractivity contribution >= 4 is 11.9 Å². The summed E-state index contributed by atoms with van der Waals surface area (Å²) in [5.74, 6) is -0.455. The quantitative estimate of drug-likeness (QED) is 0.274. The van der Waals surface area contributed by atoms with E-state index in [4.69, 9.17) is 9.47 Å². The van der Waals surface area contributed by atoms with Gasteiger partial charge in [0.1, 0.15) is 16.9 Å². The molecule has 0 spiro atoms. The summed E-state index contributed by atoms with van der Waals surface area (Å²) in [6, 6.07) is 28.4. The molecular formula is C31H29NO5. The molecule has 6 nitrogen and oxygen atoms in total. The number of carboxylic acid groups (broad SMARTS) is 1.